The van der Waals surface area contributed by atoms with Gasteiger partial charge in [0.1, 0.15) is 6.04 Å². The number of hydroxylamine groups is 1. The lowest BCUT2D eigenvalue weighted by molar-refractivity contribution is -0.485. The molecule has 0 aromatic heterocycles. The van der Waals surface area contributed by atoms with Crippen LogP contribution in [-0.4, -0.2) is 50.4 Å². The zero-order valence-corrected chi connectivity index (χ0v) is 11.5. The van der Waals surface area contributed by atoms with Crippen LogP contribution in [0.5, 0.6) is 11.5 Å². The van der Waals surface area contributed by atoms with Crippen molar-refractivity contribution in [3.63, 3.8) is 0 Å². The van der Waals surface area contributed by atoms with Crippen molar-refractivity contribution in [3.8, 4) is 11.5 Å². The highest BCUT2D eigenvalue weighted by Crippen LogP contribution is 2.34. The maximum Gasteiger partial charge on any atom is 0.341 e. The van der Waals surface area contributed by atoms with Gasteiger partial charge in [-0.2, -0.15) is 5.48 Å². The van der Waals surface area contributed by atoms with Crippen molar-refractivity contribution in [1.29, 1.82) is 0 Å². The third-order valence-corrected chi connectivity index (χ3v) is 2.73. The maximum absolute atomic E-state index is 11.1. The van der Waals surface area contributed by atoms with Gasteiger partial charge in [-0.1, -0.05) is 0 Å². The van der Waals surface area contributed by atoms with E-state index in [9.17, 15) is 30.1 Å². The van der Waals surface area contributed by atoms with Crippen LogP contribution in [0.2, 0.25) is 0 Å². The maximum atomic E-state index is 11.1. The van der Waals surface area contributed by atoms with Crippen molar-refractivity contribution in [2.75, 3.05) is 13.2 Å². The molecule has 0 saturated carbocycles. The van der Waals surface area contributed by atoms with E-state index in [1.54, 1.807) is 5.48 Å². The SMILES string of the molecule is O=C(O)COc1cc([N+](=O)[O-])c(CC(C[N+](=O)[O-])NO)cc1O. The number of benzene rings is 1. The average Bonchev–Trinajstić information content (AvgIpc) is 2.44. The van der Waals surface area contributed by atoms with Crippen LogP contribution in [-0.2, 0) is 11.2 Å². The zero-order chi connectivity index (χ0) is 17.6. The zero-order valence-electron chi connectivity index (χ0n) is 11.5. The van der Waals surface area contributed by atoms with Gasteiger partial charge in [-0.3, -0.25) is 20.2 Å². The van der Waals surface area contributed by atoms with Crippen LogP contribution in [0.15, 0.2) is 12.1 Å². The van der Waals surface area contributed by atoms with Crippen molar-refractivity contribution in [2.24, 2.45) is 0 Å². The van der Waals surface area contributed by atoms with Gasteiger partial charge in [0.05, 0.1) is 11.0 Å². The number of nitro benzene ring substituents is 1. The molecule has 0 spiro atoms. The Hall–Kier alpha value is -2.99. The largest absolute Gasteiger partial charge is 0.504 e. The van der Waals surface area contributed by atoms with Crippen LogP contribution in [0.4, 0.5) is 5.69 Å². The van der Waals surface area contributed by atoms with E-state index in [1.807, 2.05) is 0 Å². The Morgan fingerprint density at radius 2 is 2.00 bits per heavy atom. The van der Waals surface area contributed by atoms with Crippen molar-refractivity contribution in [1.82, 2.24) is 5.48 Å². The molecule has 12 heteroatoms. The first-order chi connectivity index (χ1) is 10.7. The number of nitro groups is 2. The van der Waals surface area contributed by atoms with E-state index in [2.05, 4.69) is 0 Å². The van der Waals surface area contributed by atoms with E-state index in [0.717, 1.165) is 12.1 Å². The predicted octanol–water partition coefficient (Wildman–Crippen LogP) is -0.0696. The topological polar surface area (TPSA) is 185 Å². The Morgan fingerprint density at radius 3 is 2.48 bits per heavy atom. The second-order valence-corrected chi connectivity index (χ2v) is 4.43. The first-order valence-electron chi connectivity index (χ1n) is 6.10. The quantitative estimate of drug-likeness (QED) is 0.352. The molecule has 0 amide bonds. The van der Waals surface area contributed by atoms with E-state index in [1.165, 1.54) is 0 Å². The summed E-state index contributed by atoms with van der Waals surface area (Å²) in [5, 5.41) is 48.6. The highest BCUT2D eigenvalue weighted by molar-refractivity contribution is 5.68. The van der Waals surface area contributed by atoms with Crippen LogP contribution < -0.4 is 10.2 Å². The van der Waals surface area contributed by atoms with Gasteiger partial charge in [-0.25, -0.2) is 4.79 Å². The van der Waals surface area contributed by atoms with Crippen molar-refractivity contribution >= 4 is 11.7 Å². The number of hydrogen-bond donors (Lipinski definition) is 4. The van der Waals surface area contributed by atoms with Crippen LogP contribution in [0, 0.1) is 20.2 Å². The first kappa shape index (κ1) is 18.1. The molecule has 0 aliphatic heterocycles. The van der Waals surface area contributed by atoms with Crippen molar-refractivity contribution in [2.45, 2.75) is 12.5 Å². The minimum atomic E-state index is -1.34. The molecule has 1 unspecified atom stereocenters. The molecule has 23 heavy (non-hydrogen) atoms. The molecule has 1 atom stereocenters. The monoisotopic (exact) mass is 331 g/mol. The fourth-order valence-electron chi connectivity index (χ4n) is 1.79. The predicted molar refractivity (Wildman–Crippen MR) is 72.2 cm³/mol. The molecule has 1 rings (SSSR count). The first-order valence-corrected chi connectivity index (χ1v) is 6.10. The molecule has 1 aromatic carbocycles. The van der Waals surface area contributed by atoms with E-state index in [4.69, 9.17) is 15.1 Å². The molecule has 4 N–H and O–H groups in total. The Labute approximate surface area is 128 Å². The van der Waals surface area contributed by atoms with Crippen LogP contribution in [0.25, 0.3) is 0 Å². The van der Waals surface area contributed by atoms with Gasteiger partial charge in [0.25, 0.3) is 5.69 Å². The molecule has 1 aromatic rings. The minimum Gasteiger partial charge on any atom is -0.504 e. The second-order valence-electron chi connectivity index (χ2n) is 4.43. The lowest BCUT2D eigenvalue weighted by atomic mass is 10.0. The summed E-state index contributed by atoms with van der Waals surface area (Å²) in [6, 6.07) is 0.627. The number of aromatic hydroxyl groups is 1. The van der Waals surface area contributed by atoms with E-state index in [-0.39, 0.29) is 12.0 Å². The number of carboxylic acid groups (broad SMARTS) is 1. The Balaban J connectivity index is 3.11. The van der Waals surface area contributed by atoms with Crippen LogP contribution >= 0.6 is 0 Å². The Morgan fingerprint density at radius 1 is 1.35 bits per heavy atom. The van der Waals surface area contributed by atoms with Gasteiger partial charge in [0.15, 0.2) is 18.1 Å². The fourth-order valence-corrected chi connectivity index (χ4v) is 1.79. The highest BCUT2D eigenvalue weighted by atomic mass is 16.6. The Kier molecular flexibility index (Phi) is 6.17. The number of nitrogens with zero attached hydrogens (tertiary/aromatic N) is 2. The molecule has 0 radical (unpaired) electrons. The molecule has 0 saturated heterocycles. The Bertz CT molecular complexity index is 619. The molecule has 0 bridgehead atoms. The fraction of sp³-hybridized carbons (Fsp3) is 0.364. The molecule has 12 nitrogen and oxygen atoms in total. The number of carboxylic acids is 1. The van der Waals surface area contributed by atoms with E-state index < -0.39 is 52.2 Å². The number of carbonyl (C=O) groups is 1. The summed E-state index contributed by atoms with van der Waals surface area (Å²) in [6.07, 6.45) is -0.319. The summed E-state index contributed by atoms with van der Waals surface area (Å²) in [5.41, 5.74) is 1.04. The minimum absolute atomic E-state index is 0.0939. The number of ether oxygens (including phenoxy) is 1. The normalized spacial score (nSPS) is 11.7. The number of phenolic OH excluding ortho intramolecular Hbond substituents is 1. The number of aliphatic carboxylic acids is 1. The molecular weight excluding hydrogens is 318 g/mol. The summed E-state index contributed by atoms with van der Waals surface area (Å²) >= 11 is 0. The van der Waals surface area contributed by atoms with Crippen molar-refractivity contribution < 1.29 is 34.8 Å². The smallest absolute Gasteiger partial charge is 0.341 e. The van der Waals surface area contributed by atoms with Gasteiger partial charge in [0, 0.05) is 16.9 Å². The van der Waals surface area contributed by atoms with Gasteiger partial charge >= 0.3 is 5.97 Å². The van der Waals surface area contributed by atoms with Gasteiger partial charge in [0.2, 0.25) is 6.54 Å². The number of rotatable bonds is 9. The lowest BCUT2D eigenvalue weighted by Crippen LogP contribution is -2.35. The van der Waals surface area contributed by atoms with Gasteiger partial charge < -0.3 is 20.2 Å². The summed E-state index contributed by atoms with van der Waals surface area (Å²) in [6.45, 7) is -1.52. The third kappa shape index (κ3) is 5.37. The molecule has 0 aliphatic rings. The number of hydrogen-bond acceptors (Lipinski definition) is 9. The lowest BCUT2D eigenvalue weighted by Gasteiger charge is -2.13. The molecular formula is C11H13N3O9. The highest BCUT2D eigenvalue weighted by Gasteiger charge is 2.24. The number of nitrogens with one attached hydrogen (secondary N) is 1. The summed E-state index contributed by atoms with van der Waals surface area (Å²) in [7, 11) is 0. The molecule has 0 heterocycles. The second kappa shape index (κ2) is 7.86. The van der Waals surface area contributed by atoms with Crippen LogP contribution in [0.1, 0.15) is 5.56 Å². The van der Waals surface area contributed by atoms with E-state index >= 15 is 0 Å². The van der Waals surface area contributed by atoms with Gasteiger partial charge in [-0.15, -0.1) is 0 Å². The summed E-state index contributed by atoms with van der Waals surface area (Å²) < 4.78 is 4.71. The number of phenols is 1. The van der Waals surface area contributed by atoms with Crippen LogP contribution in [0.3, 0.4) is 0 Å². The molecule has 0 aliphatic carbocycles. The third-order valence-electron chi connectivity index (χ3n) is 2.73. The summed E-state index contributed by atoms with van der Waals surface area (Å²) in [4.78, 5) is 30.4. The standard InChI is InChI=1S/C11H13N3O9/c15-9-2-6(1-7(12-18)4-13(19)20)8(14(21)22)3-10(9)23-5-11(16)17/h2-3,7,12,15,18H,1,4-5H2,(H,16,17). The van der Waals surface area contributed by atoms with Crippen molar-refractivity contribution in [3.05, 3.63) is 37.9 Å². The summed E-state index contributed by atoms with van der Waals surface area (Å²) in [5.74, 6) is -2.32. The van der Waals surface area contributed by atoms with Gasteiger partial charge in [-0.05, 0) is 6.07 Å². The van der Waals surface area contributed by atoms with E-state index in [0.29, 0.717) is 0 Å². The molecule has 0 fully saturated rings. The molecule has 126 valence electrons. The average molecular weight is 331 g/mol.